The average Bonchev–Trinajstić information content (AvgIpc) is 2.85. The maximum atomic E-state index is 12.4. The fourth-order valence-corrected chi connectivity index (χ4v) is 3.76. The summed E-state index contributed by atoms with van der Waals surface area (Å²) >= 11 is 1.50. The third-order valence-corrected chi connectivity index (χ3v) is 4.39. The predicted octanol–water partition coefficient (Wildman–Crippen LogP) is 3.33. The SMILES string of the molecule is CNc1nc(CC(F)(F)F)nc2sc3c(c12)CCC3. The Bertz CT molecular complexity index is 633. The van der Waals surface area contributed by atoms with Crippen molar-refractivity contribution in [3.8, 4) is 0 Å². The zero-order chi connectivity index (χ0) is 13.6. The highest BCUT2D eigenvalue weighted by atomic mass is 32.1. The lowest BCUT2D eigenvalue weighted by Gasteiger charge is -2.08. The molecule has 2 heterocycles. The molecule has 0 atom stereocenters. The smallest absolute Gasteiger partial charge is 0.372 e. The van der Waals surface area contributed by atoms with Gasteiger partial charge >= 0.3 is 6.18 Å². The molecule has 0 aliphatic heterocycles. The van der Waals surface area contributed by atoms with Crippen LogP contribution in [0.4, 0.5) is 19.0 Å². The highest BCUT2D eigenvalue weighted by Crippen LogP contribution is 2.39. The van der Waals surface area contributed by atoms with Crippen molar-refractivity contribution >= 4 is 27.4 Å². The molecule has 0 saturated carbocycles. The highest BCUT2D eigenvalue weighted by molar-refractivity contribution is 7.19. The number of alkyl halides is 3. The minimum absolute atomic E-state index is 0.163. The van der Waals surface area contributed by atoms with E-state index in [1.54, 1.807) is 7.05 Å². The van der Waals surface area contributed by atoms with Gasteiger partial charge in [0, 0.05) is 11.9 Å². The van der Waals surface area contributed by atoms with Crippen LogP contribution in [-0.4, -0.2) is 23.2 Å². The van der Waals surface area contributed by atoms with Crippen LogP contribution in [0.2, 0.25) is 0 Å². The standard InChI is InChI=1S/C12H12F3N3S/c1-16-10-9-6-3-2-4-7(6)19-11(9)18-8(17-10)5-12(13,14)15/h2-5H2,1H3,(H,16,17,18). The molecule has 0 amide bonds. The first kappa shape index (κ1) is 12.7. The fraction of sp³-hybridized carbons (Fsp3) is 0.500. The van der Waals surface area contributed by atoms with Crippen molar-refractivity contribution in [2.75, 3.05) is 12.4 Å². The molecule has 7 heteroatoms. The summed E-state index contributed by atoms with van der Waals surface area (Å²) in [6.07, 6.45) is -2.30. The van der Waals surface area contributed by atoms with Crippen LogP contribution in [0.3, 0.4) is 0 Å². The molecule has 0 spiro atoms. The van der Waals surface area contributed by atoms with Gasteiger partial charge in [-0.05, 0) is 24.8 Å². The lowest BCUT2D eigenvalue weighted by Crippen LogP contribution is -2.14. The molecule has 1 aliphatic carbocycles. The number of nitrogens with zero attached hydrogens (tertiary/aromatic N) is 2. The summed E-state index contributed by atoms with van der Waals surface area (Å²) in [5.41, 5.74) is 1.21. The number of nitrogens with one attached hydrogen (secondary N) is 1. The fourth-order valence-electron chi connectivity index (χ4n) is 2.48. The molecule has 1 aliphatic rings. The van der Waals surface area contributed by atoms with E-state index in [0.717, 1.165) is 24.6 Å². The summed E-state index contributed by atoms with van der Waals surface area (Å²) in [4.78, 5) is 10.0. The van der Waals surface area contributed by atoms with Gasteiger partial charge < -0.3 is 5.32 Å². The molecular weight excluding hydrogens is 275 g/mol. The minimum Gasteiger partial charge on any atom is -0.372 e. The molecule has 2 aromatic rings. The second-order valence-electron chi connectivity index (χ2n) is 4.57. The summed E-state index contributed by atoms with van der Waals surface area (Å²) in [6.45, 7) is 0. The first-order valence-electron chi connectivity index (χ1n) is 6.03. The van der Waals surface area contributed by atoms with Crippen molar-refractivity contribution in [1.29, 1.82) is 0 Å². The number of fused-ring (bicyclic) bond motifs is 3. The minimum atomic E-state index is -4.28. The monoisotopic (exact) mass is 287 g/mol. The van der Waals surface area contributed by atoms with Crippen molar-refractivity contribution in [3.63, 3.8) is 0 Å². The quantitative estimate of drug-likeness (QED) is 0.920. The molecule has 0 unspecified atom stereocenters. The van der Waals surface area contributed by atoms with E-state index < -0.39 is 12.6 Å². The van der Waals surface area contributed by atoms with Gasteiger partial charge in [-0.3, -0.25) is 0 Å². The van der Waals surface area contributed by atoms with Gasteiger partial charge in [-0.1, -0.05) is 0 Å². The second kappa shape index (κ2) is 4.33. The number of halogens is 3. The second-order valence-corrected chi connectivity index (χ2v) is 5.65. The number of thiophene rings is 1. The predicted molar refractivity (Wildman–Crippen MR) is 68.7 cm³/mol. The average molecular weight is 287 g/mol. The van der Waals surface area contributed by atoms with Gasteiger partial charge in [-0.15, -0.1) is 11.3 Å². The third-order valence-electron chi connectivity index (χ3n) is 3.21. The Hall–Kier alpha value is -1.37. The van der Waals surface area contributed by atoms with Crippen LogP contribution in [-0.2, 0) is 19.3 Å². The Morgan fingerprint density at radius 3 is 2.74 bits per heavy atom. The molecule has 3 rings (SSSR count). The summed E-state index contributed by atoms with van der Waals surface area (Å²) < 4.78 is 37.3. The van der Waals surface area contributed by atoms with Gasteiger partial charge in [-0.2, -0.15) is 13.2 Å². The molecule has 0 radical (unpaired) electrons. The maximum absolute atomic E-state index is 12.4. The Labute approximate surface area is 111 Å². The number of anilines is 1. The maximum Gasteiger partial charge on any atom is 0.396 e. The zero-order valence-corrected chi connectivity index (χ0v) is 11.1. The lowest BCUT2D eigenvalue weighted by atomic mass is 10.2. The van der Waals surface area contributed by atoms with E-state index in [1.807, 2.05) is 0 Å². The van der Waals surface area contributed by atoms with E-state index in [-0.39, 0.29) is 5.82 Å². The summed E-state index contributed by atoms with van der Waals surface area (Å²) in [5.74, 6) is 0.355. The highest BCUT2D eigenvalue weighted by Gasteiger charge is 2.30. The Morgan fingerprint density at radius 2 is 2.05 bits per heavy atom. The van der Waals surface area contributed by atoms with Gasteiger partial charge in [0.1, 0.15) is 22.9 Å². The molecular formula is C12H12F3N3S. The molecule has 0 saturated heterocycles. The molecule has 19 heavy (non-hydrogen) atoms. The summed E-state index contributed by atoms with van der Waals surface area (Å²) in [5, 5.41) is 3.81. The van der Waals surface area contributed by atoms with E-state index in [0.29, 0.717) is 10.6 Å². The van der Waals surface area contributed by atoms with E-state index in [9.17, 15) is 13.2 Å². The van der Waals surface area contributed by atoms with Crippen LogP contribution >= 0.6 is 11.3 Å². The molecule has 1 N–H and O–H groups in total. The number of aromatic nitrogens is 2. The van der Waals surface area contributed by atoms with Gasteiger partial charge in [0.05, 0.1) is 5.39 Å². The molecule has 3 nitrogen and oxygen atoms in total. The van der Waals surface area contributed by atoms with Crippen molar-refractivity contribution in [3.05, 3.63) is 16.3 Å². The molecule has 2 aromatic heterocycles. The number of hydrogen-bond donors (Lipinski definition) is 1. The van der Waals surface area contributed by atoms with Crippen LogP contribution in [0.15, 0.2) is 0 Å². The van der Waals surface area contributed by atoms with Crippen molar-refractivity contribution in [2.45, 2.75) is 31.9 Å². The lowest BCUT2D eigenvalue weighted by molar-refractivity contribution is -0.128. The Morgan fingerprint density at radius 1 is 1.26 bits per heavy atom. The van der Waals surface area contributed by atoms with Gasteiger partial charge in [-0.25, -0.2) is 9.97 Å². The first-order valence-corrected chi connectivity index (χ1v) is 6.85. The molecule has 0 bridgehead atoms. The molecule has 0 aromatic carbocycles. The summed E-state index contributed by atoms with van der Waals surface area (Å²) in [7, 11) is 1.68. The largest absolute Gasteiger partial charge is 0.396 e. The van der Waals surface area contributed by atoms with E-state index in [1.165, 1.54) is 21.8 Å². The van der Waals surface area contributed by atoms with E-state index in [4.69, 9.17) is 0 Å². The van der Waals surface area contributed by atoms with Crippen molar-refractivity contribution < 1.29 is 13.2 Å². The van der Waals surface area contributed by atoms with Crippen LogP contribution < -0.4 is 5.32 Å². The van der Waals surface area contributed by atoms with Gasteiger partial charge in [0.25, 0.3) is 0 Å². The zero-order valence-electron chi connectivity index (χ0n) is 10.3. The Balaban J connectivity index is 2.14. The normalized spacial score (nSPS) is 14.9. The molecule has 102 valence electrons. The van der Waals surface area contributed by atoms with Crippen LogP contribution in [0.5, 0.6) is 0 Å². The number of rotatable bonds is 2. The van der Waals surface area contributed by atoms with Crippen molar-refractivity contribution in [1.82, 2.24) is 9.97 Å². The first-order chi connectivity index (χ1) is 8.98. The topological polar surface area (TPSA) is 37.8 Å². The van der Waals surface area contributed by atoms with Gasteiger partial charge in [0.15, 0.2) is 0 Å². The van der Waals surface area contributed by atoms with E-state index in [2.05, 4.69) is 15.3 Å². The van der Waals surface area contributed by atoms with Crippen LogP contribution in [0.25, 0.3) is 10.2 Å². The van der Waals surface area contributed by atoms with Crippen LogP contribution in [0.1, 0.15) is 22.7 Å². The number of hydrogen-bond acceptors (Lipinski definition) is 4. The van der Waals surface area contributed by atoms with Crippen LogP contribution in [0, 0.1) is 0 Å². The van der Waals surface area contributed by atoms with Crippen molar-refractivity contribution in [2.24, 2.45) is 0 Å². The molecule has 0 fully saturated rings. The summed E-state index contributed by atoms with van der Waals surface area (Å²) in [6, 6.07) is 0. The van der Waals surface area contributed by atoms with Gasteiger partial charge in [0.2, 0.25) is 0 Å². The third kappa shape index (κ3) is 2.27. The number of aryl methyl sites for hydroxylation is 2. The van der Waals surface area contributed by atoms with E-state index >= 15 is 0 Å². The Kier molecular flexibility index (Phi) is 2.88.